The molecule has 0 radical (unpaired) electrons. The maximum Gasteiger partial charge on any atom is 0.335 e. The number of alkyl halides is 1. The Balaban J connectivity index is 2.03. The first kappa shape index (κ1) is 15.9. The molecule has 1 amide bonds. The zero-order chi connectivity index (χ0) is 16.7. The van der Waals surface area contributed by atoms with E-state index in [1.54, 1.807) is 6.07 Å². The minimum absolute atomic E-state index is 0.0561. The van der Waals surface area contributed by atoms with E-state index < -0.39 is 29.9 Å². The minimum atomic E-state index is -2.08. The molecule has 2 heterocycles. The van der Waals surface area contributed by atoms with Crippen LogP contribution in [0.2, 0.25) is 0 Å². The Kier molecular flexibility index (Phi) is 4.09. The van der Waals surface area contributed by atoms with Gasteiger partial charge >= 0.3 is 5.97 Å². The first-order valence-electron chi connectivity index (χ1n) is 7.03. The normalized spacial score (nSPS) is 24.0. The van der Waals surface area contributed by atoms with E-state index >= 15 is 0 Å². The molecule has 2 unspecified atom stereocenters. The first-order chi connectivity index (χ1) is 10.9. The van der Waals surface area contributed by atoms with Crippen LogP contribution in [0.25, 0.3) is 0 Å². The van der Waals surface area contributed by atoms with Gasteiger partial charge in [0, 0.05) is 16.7 Å². The Morgan fingerprint density at radius 2 is 2.17 bits per heavy atom. The number of rotatable bonds is 3. The predicted octanol–water partition coefficient (Wildman–Crippen LogP) is 2.68. The summed E-state index contributed by atoms with van der Waals surface area (Å²) < 4.78 is 29.0. The van der Waals surface area contributed by atoms with Crippen LogP contribution < -0.4 is 5.32 Å². The fourth-order valence-corrected chi connectivity index (χ4v) is 3.32. The van der Waals surface area contributed by atoms with Crippen LogP contribution >= 0.6 is 15.9 Å². The second-order valence-electron chi connectivity index (χ2n) is 5.41. The van der Waals surface area contributed by atoms with Crippen molar-refractivity contribution in [2.45, 2.75) is 25.1 Å². The molecule has 122 valence electrons. The van der Waals surface area contributed by atoms with Gasteiger partial charge in [0.15, 0.2) is 0 Å². The third-order valence-electron chi connectivity index (χ3n) is 4.01. The molecule has 0 spiro atoms. The van der Waals surface area contributed by atoms with Crippen LogP contribution in [0.15, 0.2) is 33.9 Å². The molecule has 2 atom stereocenters. The topological polar surface area (TPSA) is 69.6 Å². The molecule has 1 aromatic rings. The van der Waals surface area contributed by atoms with E-state index in [0.29, 0.717) is 29.6 Å². The Hall–Kier alpha value is -1.96. The van der Waals surface area contributed by atoms with Crippen molar-refractivity contribution in [1.29, 1.82) is 0 Å². The number of aliphatic carboxylic acids is 1. The molecule has 0 aromatic heterocycles. The molecule has 0 bridgehead atoms. The average Bonchev–Trinajstić information content (AvgIpc) is 2.96. The number of nitrogens with one attached hydrogen (secondary N) is 1. The van der Waals surface area contributed by atoms with E-state index in [1.165, 1.54) is 17.0 Å². The minimum Gasteiger partial charge on any atom is -0.478 e. The number of carboxylic acid groups (broad SMARTS) is 1. The van der Waals surface area contributed by atoms with Crippen LogP contribution in [0, 0.1) is 5.82 Å². The van der Waals surface area contributed by atoms with Gasteiger partial charge in [-0.05, 0) is 31.0 Å². The summed E-state index contributed by atoms with van der Waals surface area (Å²) in [6.07, 6.45) is -1.10. The van der Waals surface area contributed by atoms with Crippen LogP contribution in [0.4, 0.5) is 14.5 Å². The third-order valence-corrected chi connectivity index (χ3v) is 4.50. The van der Waals surface area contributed by atoms with Crippen LogP contribution in [-0.4, -0.2) is 40.6 Å². The van der Waals surface area contributed by atoms with Gasteiger partial charge in [0.25, 0.3) is 5.91 Å². The highest BCUT2D eigenvalue weighted by molar-refractivity contribution is 9.10. The summed E-state index contributed by atoms with van der Waals surface area (Å²) in [4.78, 5) is 24.9. The van der Waals surface area contributed by atoms with Crippen LogP contribution in [0.3, 0.4) is 0 Å². The number of hydrogen-bond acceptors (Lipinski definition) is 3. The molecular weight excluding hydrogens is 374 g/mol. The van der Waals surface area contributed by atoms with E-state index in [0.717, 1.165) is 0 Å². The molecule has 1 aromatic carbocycles. The van der Waals surface area contributed by atoms with Crippen LogP contribution in [-0.2, 0) is 9.59 Å². The number of halogens is 3. The van der Waals surface area contributed by atoms with Crippen molar-refractivity contribution in [2.24, 2.45) is 0 Å². The highest BCUT2D eigenvalue weighted by Gasteiger charge is 2.46. The molecule has 8 heteroatoms. The smallest absolute Gasteiger partial charge is 0.335 e. The van der Waals surface area contributed by atoms with Gasteiger partial charge in [-0.1, -0.05) is 15.9 Å². The van der Waals surface area contributed by atoms with E-state index in [9.17, 15) is 23.5 Å². The molecule has 0 saturated carbocycles. The summed E-state index contributed by atoms with van der Waals surface area (Å²) in [5.41, 5.74) is 0.0442. The quantitative estimate of drug-likeness (QED) is 0.837. The van der Waals surface area contributed by atoms with E-state index in [-0.39, 0.29) is 11.3 Å². The molecular formula is C15H13BrF2N2O3. The number of anilines is 1. The lowest BCUT2D eigenvalue weighted by Crippen LogP contribution is -2.51. The number of carbonyl (C=O) groups excluding carboxylic acids is 1. The average molecular weight is 387 g/mol. The predicted molar refractivity (Wildman–Crippen MR) is 82.0 cm³/mol. The van der Waals surface area contributed by atoms with Crippen LogP contribution in [0.1, 0.15) is 12.8 Å². The van der Waals surface area contributed by atoms with Gasteiger partial charge in [-0.15, -0.1) is 0 Å². The Morgan fingerprint density at radius 3 is 2.83 bits per heavy atom. The van der Waals surface area contributed by atoms with Gasteiger partial charge in [-0.3, -0.25) is 4.79 Å². The fourth-order valence-electron chi connectivity index (χ4n) is 2.99. The summed E-state index contributed by atoms with van der Waals surface area (Å²) in [7, 11) is 0. The van der Waals surface area contributed by atoms with E-state index in [2.05, 4.69) is 21.2 Å². The van der Waals surface area contributed by atoms with Crippen molar-refractivity contribution >= 4 is 33.5 Å². The highest BCUT2D eigenvalue weighted by Crippen LogP contribution is 2.35. The van der Waals surface area contributed by atoms with E-state index in [4.69, 9.17) is 0 Å². The van der Waals surface area contributed by atoms with Gasteiger partial charge in [0.1, 0.15) is 11.9 Å². The van der Waals surface area contributed by atoms with Gasteiger partial charge in [-0.2, -0.15) is 0 Å². The lowest BCUT2D eigenvalue weighted by atomic mass is 9.94. The van der Waals surface area contributed by atoms with Crippen molar-refractivity contribution < 1.29 is 23.5 Å². The standard InChI is InChI=1S/C15H13BrF2N2O3/c16-7-3-4-9(8(17)6-7)19-13-11(15(22)23)10-2-1-5-20(10)14(21)12(13)18/h3-4,6,12-13,19H,1-2,5H2,(H,22,23). The second kappa shape index (κ2) is 5.92. The Labute approximate surface area is 139 Å². The first-order valence-corrected chi connectivity index (χ1v) is 7.83. The number of benzene rings is 1. The van der Waals surface area contributed by atoms with Crippen molar-refractivity contribution in [1.82, 2.24) is 4.90 Å². The number of hydrogen-bond donors (Lipinski definition) is 2. The fraction of sp³-hybridized carbons (Fsp3) is 0.333. The summed E-state index contributed by atoms with van der Waals surface area (Å²) >= 11 is 3.11. The van der Waals surface area contributed by atoms with Crippen molar-refractivity contribution in [3.05, 3.63) is 39.8 Å². The lowest BCUT2D eigenvalue weighted by molar-refractivity contribution is -0.137. The number of carboxylic acids is 1. The number of fused-ring (bicyclic) bond motifs is 1. The number of allylic oxidation sites excluding steroid dienone is 1. The van der Waals surface area contributed by atoms with E-state index in [1.807, 2.05) is 0 Å². The number of nitrogens with zero attached hydrogens (tertiary/aromatic N) is 1. The molecule has 0 aliphatic carbocycles. The van der Waals surface area contributed by atoms with Crippen molar-refractivity contribution in [3.8, 4) is 0 Å². The molecule has 5 nitrogen and oxygen atoms in total. The van der Waals surface area contributed by atoms with Gasteiger partial charge in [-0.25, -0.2) is 13.6 Å². The summed E-state index contributed by atoms with van der Waals surface area (Å²) in [6, 6.07) is 2.66. The monoisotopic (exact) mass is 386 g/mol. The molecule has 1 fully saturated rings. The summed E-state index contributed by atoms with van der Waals surface area (Å²) in [6.45, 7) is 0.310. The second-order valence-corrected chi connectivity index (χ2v) is 6.32. The maximum absolute atomic E-state index is 14.5. The Morgan fingerprint density at radius 1 is 1.43 bits per heavy atom. The Bertz CT molecular complexity index is 723. The molecule has 3 rings (SSSR count). The maximum atomic E-state index is 14.5. The van der Waals surface area contributed by atoms with Gasteiger partial charge in [0.05, 0.1) is 11.3 Å². The molecule has 2 aliphatic heterocycles. The molecule has 2 aliphatic rings. The summed E-state index contributed by atoms with van der Waals surface area (Å²) in [5.74, 6) is -2.75. The van der Waals surface area contributed by atoms with Crippen molar-refractivity contribution in [3.63, 3.8) is 0 Å². The summed E-state index contributed by atoms with van der Waals surface area (Å²) in [5, 5.41) is 12.0. The highest BCUT2D eigenvalue weighted by atomic mass is 79.9. The van der Waals surface area contributed by atoms with Gasteiger partial charge < -0.3 is 15.3 Å². The molecule has 23 heavy (non-hydrogen) atoms. The molecule has 2 N–H and O–H groups in total. The third kappa shape index (κ3) is 2.71. The SMILES string of the molecule is O=C(O)C1=C2CCCN2C(=O)C(F)C1Nc1ccc(Br)cc1F. The largest absolute Gasteiger partial charge is 0.478 e. The van der Waals surface area contributed by atoms with Gasteiger partial charge in [0.2, 0.25) is 6.17 Å². The number of amides is 1. The zero-order valence-electron chi connectivity index (χ0n) is 11.9. The number of carbonyl (C=O) groups is 2. The lowest BCUT2D eigenvalue weighted by Gasteiger charge is -2.34. The molecule has 1 saturated heterocycles. The van der Waals surface area contributed by atoms with Crippen LogP contribution in [0.5, 0.6) is 0 Å². The zero-order valence-corrected chi connectivity index (χ0v) is 13.4. The van der Waals surface area contributed by atoms with Crippen molar-refractivity contribution in [2.75, 3.05) is 11.9 Å².